The van der Waals surface area contributed by atoms with Crippen LogP contribution in [0.4, 0.5) is 0 Å². The minimum atomic E-state index is -0.305. The lowest BCUT2D eigenvalue weighted by Crippen LogP contribution is -2.42. The molecule has 1 fully saturated rings. The molecule has 0 amide bonds. The van der Waals surface area contributed by atoms with E-state index in [1.807, 2.05) is 13.8 Å². The molecule has 0 aromatic rings. The van der Waals surface area contributed by atoms with Crippen LogP contribution in [0.5, 0.6) is 0 Å². The molecule has 0 heterocycles. The Hall–Kier alpha value is -0.530. The summed E-state index contributed by atoms with van der Waals surface area (Å²) in [5, 5.41) is 0. The lowest BCUT2D eigenvalue weighted by atomic mass is 9.72. The quantitative estimate of drug-likeness (QED) is 0.689. The molecule has 0 radical (unpaired) electrons. The zero-order valence-corrected chi connectivity index (χ0v) is 12.1. The van der Waals surface area contributed by atoms with Gasteiger partial charge in [-0.2, -0.15) is 0 Å². The van der Waals surface area contributed by atoms with Gasteiger partial charge >= 0.3 is 5.97 Å². The van der Waals surface area contributed by atoms with Crippen molar-refractivity contribution in [3.8, 4) is 0 Å². The smallest absolute Gasteiger partial charge is 0.309 e. The molecule has 0 N–H and O–H groups in total. The molecule has 0 aromatic heterocycles. The second-order valence-corrected chi connectivity index (χ2v) is 6.20. The minimum absolute atomic E-state index is 0.0215. The Kier molecular flexibility index (Phi) is 5.03. The first-order valence-corrected chi connectivity index (χ1v) is 7.11. The highest BCUT2D eigenvalue weighted by Crippen LogP contribution is 2.39. The van der Waals surface area contributed by atoms with E-state index >= 15 is 0 Å². The van der Waals surface area contributed by atoms with Crippen molar-refractivity contribution in [1.29, 1.82) is 0 Å². The molecular formula is C15H28O2. The van der Waals surface area contributed by atoms with Gasteiger partial charge < -0.3 is 4.74 Å². The zero-order chi connectivity index (χ0) is 13.1. The van der Waals surface area contributed by atoms with E-state index in [9.17, 15) is 4.79 Å². The van der Waals surface area contributed by atoms with Crippen LogP contribution in [0.1, 0.15) is 66.7 Å². The summed E-state index contributed by atoms with van der Waals surface area (Å²) in [5.74, 6) is 1.18. The van der Waals surface area contributed by atoms with Gasteiger partial charge in [0.1, 0.15) is 5.60 Å². The molecule has 0 saturated heterocycles. The van der Waals surface area contributed by atoms with Crippen molar-refractivity contribution in [2.75, 3.05) is 0 Å². The number of hydrogen-bond donors (Lipinski definition) is 0. The van der Waals surface area contributed by atoms with E-state index in [1.54, 1.807) is 0 Å². The number of carbonyl (C=O) groups is 1. The van der Waals surface area contributed by atoms with Gasteiger partial charge in [0.05, 0.1) is 5.92 Å². The largest absolute Gasteiger partial charge is 0.459 e. The average molecular weight is 240 g/mol. The summed E-state index contributed by atoms with van der Waals surface area (Å²) in [5.41, 5.74) is -0.305. The summed E-state index contributed by atoms with van der Waals surface area (Å²) in [6.45, 7) is 10.4. The molecule has 0 aliphatic heterocycles. The second kappa shape index (κ2) is 5.88. The van der Waals surface area contributed by atoms with E-state index < -0.39 is 0 Å². The van der Waals surface area contributed by atoms with E-state index in [0.717, 1.165) is 6.42 Å². The number of ether oxygens (including phenoxy) is 1. The highest BCUT2D eigenvalue weighted by Gasteiger charge is 2.38. The Balaban J connectivity index is 2.63. The first-order valence-electron chi connectivity index (χ1n) is 7.11. The van der Waals surface area contributed by atoms with E-state index in [0.29, 0.717) is 11.8 Å². The van der Waals surface area contributed by atoms with Crippen LogP contribution >= 0.6 is 0 Å². The first-order chi connectivity index (χ1) is 7.88. The topological polar surface area (TPSA) is 26.3 Å². The van der Waals surface area contributed by atoms with Crippen LogP contribution in [0.3, 0.4) is 0 Å². The Labute approximate surface area is 106 Å². The normalized spacial score (nSPS) is 27.6. The third-order valence-electron chi connectivity index (χ3n) is 4.38. The van der Waals surface area contributed by atoms with Crippen molar-refractivity contribution < 1.29 is 9.53 Å². The maximum Gasteiger partial charge on any atom is 0.309 e. The zero-order valence-electron chi connectivity index (χ0n) is 12.1. The Morgan fingerprint density at radius 1 is 1.35 bits per heavy atom. The van der Waals surface area contributed by atoms with Gasteiger partial charge in [-0.05, 0) is 32.6 Å². The SMILES string of the molecule is CCC(C)C(=O)OC(C)(C)C1CCCCC1C. The van der Waals surface area contributed by atoms with Gasteiger partial charge in [-0.1, -0.05) is 40.0 Å². The van der Waals surface area contributed by atoms with Gasteiger partial charge in [-0.25, -0.2) is 0 Å². The monoisotopic (exact) mass is 240 g/mol. The lowest BCUT2D eigenvalue weighted by Gasteiger charge is -2.41. The van der Waals surface area contributed by atoms with Crippen molar-refractivity contribution >= 4 is 5.97 Å². The summed E-state index contributed by atoms with van der Waals surface area (Å²) >= 11 is 0. The van der Waals surface area contributed by atoms with Gasteiger partial charge in [0.15, 0.2) is 0 Å². The maximum atomic E-state index is 11.9. The average Bonchev–Trinajstić information content (AvgIpc) is 2.27. The van der Waals surface area contributed by atoms with Gasteiger partial charge in [-0.3, -0.25) is 4.79 Å². The Bertz CT molecular complexity index is 258. The molecule has 17 heavy (non-hydrogen) atoms. The molecule has 1 aliphatic rings. The lowest BCUT2D eigenvalue weighted by molar-refractivity contribution is -0.169. The summed E-state index contributed by atoms with van der Waals surface area (Å²) in [4.78, 5) is 11.9. The number of hydrogen-bond acceptors (Lipinski definition) is 2. The summed E-state index contributed by atoms with van der Waals surface area (Å²) in [7, 11) is 0. The van der Waals surface area contributed by atoms with Crippen LogP contribution in [0.2, 0.25) is 0 Å². The van der Waals surface area contributed by atoms with Crippen molar-refractivity contribution in [2.24, 2.45) is 17.8 Å². The van der Waals surface area contributed by atoms with Crippen LogP contribution in [0.25, 0.3) is 0 Å². The van der Waals surface area contributed by atoms with Crippen LogP contribution in [-0.4, -0.2) is 11.6 Å². The molecule has 0 spiro atoms. The molecule has 0 bridgehead atoms. The molecule has 100 valence electrons. The molecule has 0 aromatic carbocycles. The van der Waals surface area contributed by atoms with E-state index in [1.165, 1.54) is 25.7 Å². The second-order valence-electron chi connectivity index (χ2n) is 6.20. The Morgan fingerprint density at radius 2 is 1.94 bits per heavy atom. The van der Waals surface area contributed by atoms with Crippen molar-refractivity contribution in [2.45, 2.75) is 72.3 Å². The molecule has 3 unspecified atom stereocenters. The predicted octanol–water partition coefficient (Wildman–Crippen LogP) is 4.18. The highest BCUT2D eigenvalue weighted by atomic mass is 16.6. The van der Waals surface area contributed by atoms with Crippen LogP contribution < -0.4 is 0 Å². The third-order valence-corrected chi connectivity index (χ3v) is 4.38. The molecule has 1 rings (SSSR count). The highest BCUT2D eigenvalue weighted by molar-refractivity contribution is 5.72. The van der Waals surface area contributed by atoms with E-state index in [4.69, 9.17) is 4.74 Å². The molecule has 2 heteroatoms. The van der Waals surface area contributed by atoms with E-state index in [2.05, 4.69) is 20.8 Å². The molecule has 1 saturated carbocycles. The predicted molar refractivity (Wildman–Crippen MR) is 70.7 cm³/mol. The summed E-state index contributed by atoms with van der Waals surface area (Å²) in [6.07, 6.45) is 5.93. The van der Waals surface area contributed by atoms with Crippen LogP contribution in [0, 0.1) is 17.8 Å². The molecule has 2 nitrogen and oxygen atoms in total. The van der Waals surface area contributed by atoms with Crippen molar-refractivity contribution in [1.82, 2.24) is 0 Å². The standard InChI is InChI=1S/C15H28O2/c1-6-11(2)14(16)17-15(4,5)13-10-8-7-9-12(13)3/h11-13H,6-10H2,1-5H3. The third kappa shape index (κ3) is 3.72. The summed E-state index contributed by atoms with van der Waals surface area (Å²) < 4.78 is 5.76. The number of rotatable bonds is 4. The molecule has 3 atom stereocenters. The fourth-order valence-corrected chi connectivity index (χ4v) is 2.95. The number of carbonyl (C=O) groups excluding carboxylic acids is 1. The minimum Gasteiger partial charge on any atom is -0.459 e. The first kappa shape index (κ1) is 14.5. The van der Waals surface area contributed by atoms with E-state index in [-0.39, 0.29) is 17.5 Å². The van der Waals surface area contributed by atoms with Gasteiger partial charge in [0, 0.05) is 5.92 Å². The maximum absolute atomic E-state index is 11.9. The van der Waals surface area contributed by atoms with Crippen LogP contribution in [-0.2, 0) is 9.53 Å². The Morgan fingerprint density at radius 3 is 2.47 bits per heavy atom. The molecule has 1 aliphatic carbocycles. The molecular weight excluding hydrogens is 212 g/mol. The van der Waals surface area contributed by atoms with Gasteiger partial charge in [0.25, 0.3) is 0 Å². The van der Waals surface area contributed by atoms with Crippen LogP contribution in [0.15, 0.2) is 0 Å². The van der Waals surface area contributed by atoms with Gasteiger partial charge in [0.2, 0.25) is 0 Å². The van der Waals surface area contributed by atoms with Crippen molar-refractivity contribution in [3.05, 3.63) is 0 Å². The fraction of sp³-hybridized carbons (Fsp3) is 0.933. The number of esters is 1. The summed E-state index contributed by atoms with van der Waals surface area (Å²) in [6, 6.07) is 0. The fourth-order valence-electron chi connectivity index (χ4n) is 2.95. The van der Waals surface area contributed by atoms with Gasteiger partial charge in [-0.15, -0.1) is 0 Å². The van der Waals surface area contributed by atoms with Crippen molar-refractivity contribution in [3.63, 3.8) is 0 Å².